The van der Waals surface area contributed by atoms with Gasteiger partial charge in [-0.15, -0.1) is 0 Å². The molecule has 0 aliphatic heterocycles. The summed E-state index contributed by atoms with van der Waals surface area (Å²) in [5.41, 5.74) is 7.55. The molecule has 0 saturated carbocycles. The van der Waals surface area contributed by atoms with Crippen molar-refractivity contribution in [3.05, 3.63) is 73.7 Å². The molecule has 0 atom stereocenters. The zero-order valence-electron chi connectivity index (χ0n) is 20.4. The maximum absolute atomic E-state index is 12.2. The zero-order valence-corrected chi connectivity index (χ0v) is 20.4. The molecule has 3 N–H and O–H groups in total. The Hall–Kier alpha value is -4.92. The van der Waals surface area contributed by atoms with Gasteiger partial charge in [0, 0.05) is 58.7 Å². The van der Waals surface area contributed by atoms with Crippen LogP contribution in [0.15, 0.2) is 73.7 Å². The topological polar surface area (TPSA) is 125 Å². The van der Waals surface area contributed by atoms with Crippen LogP contribution in [-0.2, 0) is 4.79 Å². The van der Waals surface area contributed by atoms with E-state index in [2.05, 4.69) is 46.5 Å². The average Bonchev–Trinajstić information content (AvgIpc) is 3.52. The fraction of sp³-hybridized carbons (Fsp3) is 0.143. The Labute approximate surface area is 212 Å². The number of rotatable bonds is 6. The molecule has 0 radical (unpaired) electrons. The Morgan fingerprint density at radius 3 is 2.62 bits per heavy atom. The Morgan fingerprint density at radius 1 is 0.919 bits per heavy atom. The number of pyridine rings is 4. The predicted molar refractivity (Wildman–Crippen MR) is 144 cm³/mol. The maximum Gasteiger partial charge on any atom is 0.224 e. The van der Waals surface area contributed by atoms with Crippen molar-refractivity contribution >= 4 is 33.4 Å². The summed E-state index contributed by atoms with van der Waals surface area (Å²) in [6, 6.07) is 9.88. The number of carbonyl (C=O) groups excluding carboxylic acids is 1. The number of nitrogens with zero attached hydrogens (tertiary/aromatic N) is 5. The van der Waals surface area contributed by atoms with Gasteiger partial charge in [-0.1, -0.05) is 19.9 Å². The molecule has 0 saturated heterocycles. The van der Waals surface area contributed by atoms with Crippen molar-refractivity contribution in [2.45, 2.75) is 20.3 Å². The van der Waals surface area contributed by atoms with E-state index in [0.717, 1.165) is 55.6 Å². The SMILES string of the molecule is CC(C)CC(=O)Nc1cncc(-c2cc3c(-c4cc5c(-c6cccnc6)cncc5[nH]4)n[nH]c3cn2)c1. The lowest BCUT2D eigenvalue weighted by Crippen LogP contribution is -2.13. The van der Waals surface area contributed by atoms with E-state index in [9.17, 15) is 4.79 Å². The third-order valence-electron chi connectivity index (χ3n) is 6.13. The van der Waals surface area contributed by atoms with Gasteiger partial charge in [0.15, 0.2) is 0 Å². The Morgan fingerprint density at radius 2 is 1.78 bits per heavy atom. The fourth-order valence-corrected chi connectivity index (χ4v) is 4.44. The molecule has 182 valence electrons. The Kier molecular flexibility index (Phi) is 5.65. The second kappa shape index (κ2) is 9.27. The van der Waals surface area contributed by atoms with Gasteiger partial charge in [0.25, 0.3) is 0 Å². The third kappa shape index (κ3) is 4.42. The standard InChI is InChI=1S/C28H24N8O/c1-16(2)6-27(37)33-19-7-18(11-30-12-19)23-9-21-26(15-32-23)35-36-28(21)24-8-20-22(13-31-14-25(20)34-24)17-4-3-5-29-10-17/h3-5,7-16,34H,6H2,1-2H3,(H,33,37)(H,35,36). The second-order valence-corrected chi connectivity index (χ2v) is 9.37. The maximum atomic E-state index is 12.2. The summed E-state index contributed by atoms with van der Waals surface area (Å²) in [6.45, 7) is 4.03. The normalized spacial score (nSPS) is 11.4. The summed E-state index contributed by atoms with van der Waals surface area (Å²) in [5, 5.41) is 12.5. The summed E-state index contributed by atoms with van der Waals surface area (Å²) in [4.78, 5) is 33.3. The van der Waals surface area contributed by atoms with Crippen LogP contribution in [0.2, 0.25) is 0 Å². The van der Waals surface area contributed by atoms with Crippen molar-refractivity contribution in [1.29, 1.82) is 0 Å². The molecule has 37 heavy (non-hydrogen) atoms. The van der Waals surface area contributed by atoms with Gasteiger partial charge >= 0.3 is 0 Å². The third-order valence-corrected chi connectivity index (χ3v) is 6.13. The van der Waals surface area contributed by atoms with Gasteiger partial charge in [-0.25, -0.2) is 0 Å². The number of carbonyl (C=O) groups is 1. The van der Waals surface area contributed by atoms with Gasteiger partial charge < -0.3 is 10.3 Å². The number of anilines is 1. The first-order chi connectivity index (χ1) is 18.0. The van der Waals surface area contributed by atoms with Crippen LogP contribution in [0.5, 0.6) is 0 Å². The molecule has 6 aromatic rings. The van der Waals surface area contributed by atoms with E-state index >= 15 is 0 Å². The van der Waals surface area contributed by atoms with Crippen molar-refractivity contribution in [2.24, 2.45) is 5.92 Å². The molecule has 9 heteroatoms. The fourth-order valence-electron chi connectivity index (χ4n) is 4.44. The summed E-state index contributed by atoms with van der Waals surface area (Å²) in [6.07, 6.45) is 12.8. The smallest absolute Gasteiger partial charge is 0.224 e. The molecular weight excluding hydrogens is 464 g/mol. The van der Waals surface area contributed by atoms with Gasteiger partial charge in [-0.3, -0.25) is 29.8 Å². The molecule has 9 nitrogen and oxygen atoms in total. The summed E-state index contributed by atoms with van der Waals surface area (Å²) in [5.74, 6) is 0.244. The molecule has 6 heterocycles. The van der Waals surface area contributed by atoms with Crippen molar-refractivity contribution in [3.63, 3.8) is 0 Å². The molecule has 0 aliphatic carbocycles. The molecule has 0 spiro atoms. The van der Waals surface area contributed by atoms with Gasteiger partial charge in [0.1, 0.15) is 5.69 Å². The number of hydrogen-bond acceptors (Lipinski definition) is 6. The summed E-state index contributed by atoms with van der Waals surface area (Å²) >= 11 is 0. The van der Waals surface area contributed by atoms with Crippen LogP contribution in [0.1, 0.15) is 20.3 Å². The molecule has 0 aliphatic rings. The second-order valence-electron chi connectivity index (χ2n) is 9.37. The van der Waals surface area contributed by atoms with E-state index in [1.165, 1.54) is 0 Å². The highest BCUT2D eigenvalue weighted by atomic mass is 16.1. The highest BCUT2D eigenvalue weighted by Gasteiger charge is 2.16. The minimum absolute atomic E-state index is 0.0339. The Balaban J connectivity index is 1.38. The lowest BCUT2D eigenvalue weighted by molar-refractivity contribution is -0.116. The van der Waals surface area contributed by atoms with E-state index in [0.29, 0.717) is 12.1 Å². The summed E-state index contributed by atoms with van der Waals surface area (Å²) in [7, 11) is 0. The molecule has 0 unspecified atom stereocenters. The molecule has 6 rings (SSSR count). The van der Waals surface area contributed by atoms with Gasteiger partial charge in [0.2, 0.25) is 5.91 Å². The number of hydrogen-bond donors (Lipinski definition) is 3. The number of nitrogens with one attached hydrogen (secondary N) is 3. The molecule has 0 fully saturated rings. The molecule has 0 aromatic carbocycles. The van der Waals surface area contributed by atoms with Crippen LogP contribution in [0, 0.1) is 5.92 Å². The van der Waals surface area contributed by atoms with Crippen molar-refractivity contribution in [1.82, 2.24) is 35.1 Å². The predicted octanol–water partition coefficient (Wildman–Crippen LogP) is 5.61. The van der Waals surface area contributed by atoms with E-state index in [4.69, 9.17) is 0 Å². The lowest BCUT2D eigenvalue weighted by Gasteiger charge is -2.08. The lowest BCUT2D eigenvalue weighted by atomic mass is 10.1. The molecule has 1 amide bonds. The number of H-pyrrole nitrogens is 2. The van der Waals surface area contributed by atoms with E-state index < -0.39 is 0 Å². The first-order valence-corrected chi connectivity index (χ1v) is 12.0. The van der Waals surface area contributed by atoms with Crippen molar-refractivity contribution in [2.75, 3.05) is 5.32 Å². The van der Waals surface area contributed by atoms with Crippen LogP contribution >= 0.6 is 0 Å². The van der Waals surface area contributed by atoms with Gasteiger partial charge in [0.05, 0.1) is 46.7 Å². The van der Waals surface area contributed by atoms with Crippen molar-refractivity contribution < 1.29 is 4.79 Å². The van der Waals surface area contributed by atoms with Crippen LogP contribution < -0.4 is 5.32 Å². The largest absolute Gasteiger partial charge is 0.352 e. The highest BCUT2D eigenvalue weighted by molar-refractivity contribution is 6.01. The molecule has 6 aromatic heterocycles. The minimum Gasteiger partial charge on any atom is -0.352 e. The zero-order chi connectivity index (χ0) is 25.4. The first kappa shape index (κ1) is 22.5. The Bertz CT molecular complexity index is 1740. The highest BCUT2D eigenvalue weighted by Crippen LogP contribution is 2.34. The minimum atomic E-state index is -0.0339. The average molecular weight is 489 g/mol. The molecular formula is C28H24N8O. The quantitative estimate of drug-likeness (QED) is 0.280. The van der Waals surface area contributed by atoms with E-state index in [1.807, 2.05) is 56.7 Å². The van der Waals surface area contributed by atoms with E-state index in [-0.39, 0.29) is 11.8 Å². The van der Waals surface area contributed by atoms with Crippen LogP contribution in [0.3, 0.4) is 0 Å². The van der Waals surface area contributed by atoms with Crippen LogP contribution in [0.4, 0.5) is 5.69 Å². The number of amides is 1. The summed E-state index contributed by atoms with van der Waals surface area (Å²) < 4.78 is 0. The monoisotopic (exact) mass is 488 g/mol. The number of aromatic amines is 2. The van der Waals surface area contributed by atoms with Crippen LogP contribution in [0.25, 0.3) is 55.6 Å². The molecule has 0 bridgehead atoms. The first-order valence-electron chi connectivity index (χ1n) is 12.0. The number of fused-ring (bicyclic) bond motifs is 2. The van der Waals surface area contributed by atoms with Gasteiger partial charge in [-0.05, 0) is 30.2 Å². The van der Waals surface area contributed by atoms with Gasteiger partial charge in [-0.2, -0.15) is 5.10 Å². The number of aromatic nitrogens is 7. The van der Waals surface area contributed by atoms with Crippen LogP contribution in [-0.4, -0.2) is 41.0 Å². The van der Waals surface area contributed by atoms with Crippen molar-refractivity contribution in [3.8, 4) is 33.8 Å². The van der Waals surface area contributed by atoms with E-state index in [1.54, 1.807) is 24.8 Å².